The Labute approximate surface area is 120 Å². The molecule has 0 saturated heterocycles. The van der Waals surface area contributed by atoms with Gasteiger partial charge in [-0.15, -0.1) is 0 Å². The molecule has 0 aliphatic carbocycles. The number of hydrogen-bond donors (Lipinski definition) is 2. The molecule has 0 bridgehead atoms. The van der Waals surface area contributed by atoms with Crippen molar-refractivity contribution in [1.82, 2.24) is 15.2 Å². The molecule has 5 nitrogen and oxygen atoms in total. The first-order chi connectivity index (χ1) is 9.67. The van der Waals surface area contributed by atoms with E-state index in [0.717, 1.165) is 24.2 Å². The molecule has 1 aromatic heterocycles. The van der Waals surface area contributed by atoms with E-state index >= 15 is 0 Å². The van der Waals surface area contributed by atoms with Crippen molar-refractivity contribution >= 4 is 5.69 Å². The van der Waals surface area contributed by atoms with Gasteiger partial charge >= 0.3 is 0 Å². The van der Waals surface area contributed by atoms with Gasteiger partial charge in [0.25, 0.3) is 0 Å². The van der Waals surface area contributed by atoms with Crippen LogP contribution in [0.3, 0.4) is 0 Å². The average Bonchev–Trinajstić information content (AvgIpc) is 2.89. The van der Waals surface area contributed by atoms with Gasteiger partial charge < -0.3 is 4.90 Å². The molecule has 1 unspecified atom stereocenters. The monoisotopic (exact) mass is 273 g/mol. The predicted octanol–water partition coefficient (Wildman–Crippen LogP) is 1.91. The molecule has 0 spiro atoms. The molecule has 1 atom stereocenters. The van der Waals surface area contributed by atoms with Crippen molar-refractivity contribution in [3.8, 4) is 0 Å². The zero-order valence-electron chi connectivity index (χ0n) is 12.4. The van der Waals surface area contributed by atoms with Crippen molar-refractivity contribution < 1.29 is 0 Å². The first-order valence-electron chi connectivity index (χ1n) is 6.92. The highest BCUT2D eigenvalue weighted by molar-refractivity contribution is 5.47. The fourth-order valence-electron chi connectivity index (χ4n) is 2.30. The van der Waals surface area contributed by atoms with Crippen molar-refractivity contribution in [1.29, 1.82) is 0 Å². The second-order valence-electron chi connectivity index (χ2n) is 5.06. The lowest BCUT2D eigenvalue weighted by molar-refractivity contribution is 0.521. The molecule has 0 aliphatic rings. The average molecular weight is 273 g/mol. The molecule has 0 fully saturated rings. The molecule has 3 N–H and O–H groups in total. The molecule has 5 heteroatoms. The summed E-state index contributed by atoms with van der Waals surface area (Å²) in [5.41, 5.74) is 6.29. The fraction of sp³-hybridized carbons (Fsp3) is 0.400. The summed E-state index contributed by atoms with van der Waals surface area (Å²) in [6.07, 6.45) is 2.87. The Balaban J connectivity index is 2.29. The van der Waals surface area contributed by atoms with Gasteiger partial charge in [-0.1, -0.05) is 19.1 Å². The summed E-state index contributed by atoms with van der Waals surface area (Å²) in [4.78, 5) is 2.08. The van der Waals surface area contributed by atoms with Crippen LogP contribution in [-0.2, 0) is 6.54 Å². The van der Waals surface area contributed by atoms with Gasteiger partial charge in [-0.05, 0) is 30.2 Å². The maximum absolute atomic E-state index is 5.76. The summed E-state index contributed by atoms with van der Waals surface area (Å²) < 4.78 is 2.00. The first kappa shape index (κ1) is 14.6. The predicted molar refractivity (Wildman–Crippen MR) is 82.5 cm³/mol. The molecule has 2 aromatic rings. The molecular formula is C15H23N5. The summed E-state index contributed by atoms with van der Waals surface area (Å²) >= 11 is 0. The van der Waals surface area contributed by atoms with Crippen LogP contribution in [0.25, 0.3) is 0 Å². The number of anilines is 1. The summed E-state index contributed by atoms with van der Waals surface area (Å²) in [5.74, 6) is 5.76. The van der Waals surface area contributed by atoms with Crippen LogP contribution in [-0.4, -0.2) is 23.9 Å². The minimum Gasteiger partial charge on any atom is -0.378 e. The number of aryl methyl sites for hydroxylation is 1. The van der Waals surface area contributed by atoms with E-state index in [-0.39, 0.29) is 6.04 Å². The molecule has 0 amide bonds. The molecular weight excluding hydrogens is 250 g/mol. The van der Waals surface area contributed by atoms with Crippen LogP contribution in [0.5, 0.6) is 0 Å². The number of nitrogens with zero attached hydrogens (tertiary/aromatic N) is 3. The van der Waals surface area contributed by atoms with Crippen molar-refractivity contribution in [2.45, 2.75) is 25.9 Å². The maximum atomic E-state index is 5.76. The molecule has 1 heterocycles. The van der Waals surface area contributed by atoms with Crippen LogP contribution in [0.4, 0.5) is 5.69 Å². The minimum atomic E-state index is -0.0414. The third-order valence-electron chi connectivity index (χ3n) is 3.39. The van der Waals surface area contributed by atoms with E-state index in [1.807, 2.05) is 31.0 Å². The number of rotatable bonds is 6. The second kappa shape index (κ2) is 6.54. The highest BCUT2D eigenvalue weighted by Crippen LogP contribution is 2.23. The Kier molecular flexibility index (Phi) is 4.76. The summed E-state index contributed by atoms with van der Waals surface area (Å²) in [5, 5.41) is 4.36. The zero-order valence-corrected chi connectivity index (χ0v) is 12.4. The number of hydrogen-bond acceptors (Lipinski definition) is 4. The fourth-order valence-corrected chi connectivity index (χ4v) is 2.30. The van der Waals surface area contributed by atoms with Gasteiger partial charge in [-0.3, -0.25) is 10.5 Å². The van der Waals surface area contributed by atoms with Crippen LogP contribution in [0.2, 0.25) is 0 Å². The molecule has 2 rings (SSSR count). The molecule has 0 saturated carbocycles. The molecule has 0 aliphatic heterocycles. The van der Waals surface area contributed by atoms with Gasteiger partial charge in [0.2, 0.25) is 0 Å². The van der Waals surface area contributed by atoms with Gasteiger partial charge in [0.1, 0.15) is 0 Å². The normalized spacial score (nSPS) is 12.4. The number of benzene rings is 1. The highest BCUT2D eigenvalue weighted by Gasteiger charge is 2.16. The van der Waals surface area contributed by atoms with Gasteiger partial charge in [-0.2, -0.15) is 5.10 Å². The smallest absolute Gasteiger partial charge is 0.0878 e. The van der Waals surface area contributed by atoms with E-state index in [1.54, 1.807) is 0 Å². The lowest BCUT2D eigenvalue weighted by Gasteiger charge is -2.19. The Hall–Kier alpha value is -1.85. The first-order valence-corrected chi connectivity index (χ1v) is 6.92. The van der Waals surface area contributed by atoms with E-state index in [4.69, 9.17) is 5.84 Å². The van der Waals surface area contributed by atoms with Crippen LogP contribution in [0, 0.1) is 0 Å². The number of aromatic nitrogens is 2. The van der Waals surface area contributed by atoms with E-state index in [0.29, 0.717) is 0 Å². The Morgan fingerprint density at radius 2 is 1.95 bits per heavy atom. The molecule has 108 valence electrons. The van der Waals surface area contributed by atoms with Crippen molar-refractivity contribution in [3.63, 3.8) is 0 Å². The Morgan fingerprint density at radius 3 is 2.50 bits per heavy atom. The quantitative estimate of drug-likeness (QED) is 0.623. The lowest BCUT2D eigenvalue weighted by Crippen LogP contribution is -2.30. The van der Waals surface area contributed by atoms with E-state index in [1.165, 1.54) is 5.69 Å². The van der Waals surface area contributed by atoms with Crippen molar-refractivity contribution in [3.05, 3.63) is 47.8 Å². The van der Waals surface area contributed by atoms with E-state index in [2.05, 4.69) is 46.6 Å². The van der Waals surface area contributed by atoms with E-state index < -0.39 is 0 Å². The SMILES string of the molecule is CCCn1nccc1C(NN)c1ccc(N(C)C)cc1. The largest absolute Gasteiger partial charge is 0.378 e. The summed E-state index contributed by atoms with van der Waals surface area (Å²) in [6.45, 7) is 3.04. The third-order valence-corrected chi connectivity index (χ3v) is 3.39. The van der Waals surface area contributed by atoms with Gasteiger partial charge in [0.05, 0.1) is 11.7 Å². The summed E-state index contributed by atoms with van der Waals surface area (Å²) in [7, 11) is 4.06. The van der Waals surface area contributed by atoms with Crippen LogP contribution in [0.15, 0.2) is 36.5 Å². The Bertz CT molecular complexity index is 529. The summed E-state index contributed by atoms with van der Waals surface area (Å²) in [6, 6.07) is 10.4. The number of nitrogens with one attached hydrogen (secondary N) is 1. The number of nitrogens with two attached hydrogens (primary N) is 1. The molecule has 20 heavy (non-hydrogen) atoms. The topological polar surface area (TPSA) is 59.1 Å². The van der Waals surface area contributed by atoms with Gasteiger partial charge in [-0.25, -0.2) is 5.43 Å². The van der Waals surface area contributed by atoms with Crippen LogP contribution in [0.1, 0.15) is 30.6 Å². The highest BCUT2D eigenvalue weighted by atomic mass is 15.3. The van der Waals surface area contributed by atoms with Crippen LogP contribution >= 0.6 is 0 Å². The minimum absolute atomic E-state index is 0.0414. The van der Waals surface area contributed by atoms with Crippen molar-refractivity contribution in [2.24, 2.45) is 5.84 Å². The van der Waals surface area contributed by atoms with Crippen molar-refractivity contribution in [2.75, 3.05) is 19.0 Å². The number of hydrazine groups is 1. The zero-order chi connectivity index (χ0) is 14.5. The molecule has 1 aromatic carbocycles. The van der Waals surface area contributed by atoms with Gasteiger partial charge in [0.15, 0.2) is 0 Å². The standard InChI is InChI=1S/C15H23N5/c1-4-11-20-14(9-10-17-20)15(18-16)12-5-7-13(8-6-12)19(2)3/h5-10,15,18H,4,11,16H2,1-3H3. The van der Waals surface area contributed by atoms with Gasteiger partial charge in [0, 0.05) is 32.5 Å². The third kappa shape index (κ3) is 3.00. The van der Waals surface area contributed by atoms with E-state index in [9.17, 15) is 0 Å². The molecule has 0 radical (unpaired) electrons. The maximum Gasteiger partial charge on any atom is 0.0878 e. The second-order valence-corrected chi connectivity index (χ2v) is 5.06. The van der Waals surface area contributed by atoms with Crippen LogP contribution < -0.4 is 16.2 Å². The Morgan fingerprint density at radius 1 is 1.25 bits per heavy atom. The lowest BCUT2D eigenvalue weighted by atomic mass is 10.0.